The van der Waals surface area contributed by atoms with Gasteiger partial charge in [-0.1, -0.05) is 30.3 Å². The van der Waals surface area contributed by atoms with Gasteiger partial charge in [0.15, 0.2) is 0 Å². The summed E-state index contributed by atoms with van der Waals surface area (Å²) in [6, 6.07) is 14.9. The molecular formula is C16H15NO3. The summed E-state index contributed by atoms with van der Waals surface area (Å²) in [7, 11) is 3.33. The number of benzene rings is 2. The number of amides is 1. The molecule has 1 unspecified atom stereocenters. The number of rotatable bonds is 2. The fourth-order valence-corrected chi connectivity index (χ4v) is 2.31. The van der Waals surface area contributed by atoms with Crippen LogP contribution in [0.3, 0.4) is 0 Å². The van der Waals surface area contributed by atoms with Crippen LogP contribution < -0.4 is 9.47 Å². The SMILES string of the molecule is COc1ccc2c(c1)OC(c1ccccc1)N(C)C2=O. The highest BCUT2D eigenvalue weighted by molar-refractivity contribution is 5.98. The molecule has 0 spiro atoms. The van der Waals surface area contributed by atoms with E-state index in [9.17, 15) is 4.79 Å². The Kier molecular flexibility index (Phi) is 3.06. The number of fused-ring (bicyclic) bond motifs is 1. The molecule has 1 amide bonds. The van der Waals surface area contributed by atoms with Crippen molar-refractivity contribution in [1.82, 2.24) is 4.90 Å². The van der Waals surface area contributed by atoms with Crippen LogP contribution in [0.25, 0.3) is 0 Å². The van der Waals surface area contributed by atoms with Crippen molar-refractivity contribution in [2.75, 3.05) is 14.2 Å². The van der Waals surface area contributed by atoms with Gasteiger partial charge in [-0.2, -0.15) is 0 Å². The summed E-state index contributed by atoms with van der Waals surface area (Å²) in [6.07, 6.45) is -0.414. The smallest absolute Gasteiger partial charge is 0.260 e. The largest absolute Gasteiger partial charge is 0.497 e. The fraction of sp³-hybridized carbons (Fsp3) is 0.188. The molecule has 0 saturated carbocycles. The minimum Gasteiger partial charge on any atom is -0.497 e. The van der Waals surface area contributed by atoms with Crippen LogP contribution in [-0.4, -0.2) is 25.0 Å². The van der Waals surface area contributed by atoms with Gasteiger partial charge in [0.2, 0.25) is 6.23 Å². The zero-order valence-electron chi connectivity index (χ0n) is 11.4. The maximum Gasteiger partial charge on any atom is 0.260 e. The molecule has 1 aliphatic rings. The Balaban J connectivity index is 2.03. The first kappa shape index (κ1) is 12.5. The predicted molar refractivity (Wildman–Crippen MR) is 74.9 cm³/mol. The zero-order valence-corrected chi connectivity index (χ0v) is 11.4. The van der Waals surface area contributed by atoms with Gasteiger partial charge in [0.1, 0.15) is 11.5 Å². The molecule has 1 atom stereocenters. The number of carbonyl (C=O) groups is 1. The van der Waals surface area contributed by atoms with Crippen molar-refractivity contribution in [3.63, 3.8) is 0 Å². The normalized spacial score (nSPS) is 17.4. The molecule has 0 saturated heterocycles. The fourth-order valence-electron chi connectivity index (χ4n) is 2.31. The molecule has 20 heavy (non-hydrogen) atoms. The van der Waals surface area contributed by atoms with E-state index in [0.29, 0.717) is 17.1 Å². The molecule has 0 radical (unpaired) electrons. The maximum absolute atomic E-state index is 12.4. The van der Waals surface area contributed by atoms with Crippen LogP contribution in [0.5, 0.6) is 11.5 Å². The van der Waals surface area contributed by atoms with Crippen LogP contribution in [0.4, 0.5) is 0 Å². The first-order valence-electron chi connectivity index (χ1n) is 6.37. The molecule has 0 bridgehead atoms. The molecule has 102 valence electrons. The highest BCUT2D eigenvalue weighted by Crippen LogP contribution is 2.36. The lowest BCUT2D eigenvalue weighted by molar-refractivity contribution is 0.0203. The van der Waals surface area contributed by atoms with Gasteiger partial charge in [0.05, 0.1) is 12.7 Å². The molecule has 0 fully saturated rings. The summed E-state index contributed by atoms with van der Waals surface area (Å²) in [5, 5.41) is 0. The molecule has 0 aromatic heterocycles. The third kappa shape index (κ3) is 1.99. The first-order chi connectivity index (χ1) is 9.70. The molecule has 0 aliphatic carbocycles. The third-order valence-corrected chi connectivity index (χ3v) is 3.41. The minimum absolute atomic E-state index is 0.0530. The van der Waals surface area contributed by atoms with E-state index in [1.807, 2.05) is 30.3 Å². The Bertz CT molecular complexity index is 639. The summed E-state index contributed by atoms with van der Waals surface area (Å²) in [5.74, 6) is 1.18. The van der Waals surface area contributed by atoms with Crippen molar-refractivity contribution in [3.05, 3.63) is 59.7 Å². The van der Waals surface area contributed by atoms with E-state index in [2.05, 4.69) is 0 Å². The molecule has 2 aromatic carbocycles. The highest BCUT2D eigenvalue weighted by atomic mass is 16.5. The van der Waals surface area contributed by atoms with Crippen LogP contribution in [0, 0.1) is 0 Å². The number of methoxy groups -OCH3 is 1. The van der Waals surface area contributed by atoms with Crippen LogP contribution in [0.2, 0.25) is 0 Å². The second-order valence-electron chi connectivity index (χ2n) is 4.66. The molecule has 1 heterocycles. The molecular weight excluding hydrogens is 254 g/mol. The Morgan fingerprint density at radius 3 is 2.60 bits per heavy atom. The first-order valence-corrected chi connectivity index (χ1v) is 6.37. The van der Waals surface area contributed by atoms with Crippen molar-refractivity contribution in [1.29, 1.82) is 0 Å². The number of hydrogen-bond donors (Lipinski definition) is 0. The van der Waals surface area contributed by atoms with Crippen molar-refractivity contribution >= 4 is 5.91 Å². The minimum atomic E-state index is -0.414. The Hall–Kier alpha value is -2.49. The predicted octanol–water partition coefficient (Wildman–Crippen LogP) is 2.86. The zero-order chi connectivity index (χ0) is 14.1. The molecule has 4 heteroatoms. The second-order valence-corrected chi connectivity index (χ2v) is 4.66. The van der Waals surface area contributed by atoms with Crippen LogP contribution in [-0.2, 0) is 0 Å². The van der Waals surface area contributed by atoms with Crippen LogP contribution in [0.15, 0.2) is 48.5 Å². The van der Waals surface area contributed by atoms with Crippen molar-refractivity contribution in [3.8, 4) is 11.5 Å². The average Bonchev–Trinajstić information content (AvgIpc) is 2.51. The Morgan fingerprint density at radius 1 is 1.15 bits per heavy atom. The lowest BCUT2D eigenvalue weighted by atomic mass is 10.1. The van der Waals surface area contributed by atoms with Gasteiger partial charge < -0.3 is 14.4 Å². The molecule has 0 N–H and O–H groups in total. The van der Waals surface area contributed by atoms with Crippen LogP contribution in [0.1, 0.15) is 22.1 Å². The van der Waals surface area contributed by atoms with E-state index in [1.165, 1.54) is 0 Å². The summed E-state index contributed by atoms with van der Waals surface area (Å²) >= 11 is 0. The van der Waals surface area contributed by atoms with Gasteiger partial charge in [-0.3, -0.25) is 4.79 Å². The quantitative estimate of drug-likeness (QED) is 0.841. The standard InChI is InChI=1S/C16H15NO3/c1-17-15(18)13-9-8-12(19-2)10-14(13)20-16(17)11-6-4-3-5-7-11/h3-10,16H,1-2H3. The van der Waals surface area contributed by atoms with Gasteiger partial charge in [-0.15, -0.1) is 0 Å². The Morgan fingerprint density at radius 2 is 1.90 bits per heavy atom. The van der Waals surface area contributed by atoms with E-state index >= 15 is 0 Å². The third-order valence-electron chi connectivity index (χ3n) is 3.41. The number of nitrogens with zero attached hydrogens (tertiary/aromatic N) is 1. The Labute approximate surface area is 117 Å². The lowest BCUT2D eigenvalue weighted by Gasteiger charge is -2.34. The summed E-state index contributed by atoms with van der Waals surface area (Å²) in [6.45, 7) is 0. The van der Waals surface area contributed by atoms with Crippen molar-refractivity contribution in [2.45, 2.75) is 6.23 Å². The summed E-state index contributed by atoms with van der Waals surface area (Å²) in [4.78, 5) is 14.0. The molecule has 3 rings (SSSR count). The van der Waals surface area contributed by atoms with Gasteiger partial charge in [-0.05, 0) is 12.1 Å². The van der Waals surface area contributed by atoms with Gasteiger partial charge in [0.25, 0.3) is 5.91 Å². The van der Waals surface area contributed by atoms with Gasteiger partial charge in [0, 0.05) is 18.7 Å². The molecule has 4 nitrogen and oxygen atoms in total. The number of carbonyl (C=O) groups excluding carboxylic acids is 1. The maximum atomic E-state index is 12.4. The highest BCUT2D eigenvalue weighted by Gasteiger charge is 2.32. The van der Waals surface area contributed by atoms with Crippen LogP contribution >= 0.6 is 0 Å². The van der Waals surface area contributed by atoms with E-state index < -0.39 is 6.23 Å². The van der Waals surface area contributed by atoms with Gasteiger partial charge >= 0.3 is 0 Å². The number of hydrogen-bond acceptors (Lipinski definition) is 3. The summed E-state index contributed by atoms with van der Waals surface area (Å²) in [5.41, 5.74) is 1.50. The number of ether oxygens (including phenoxy) is 2. The molecule has 1 aliphatic heterocycles. The molecule has 2 aromatic rings. The topological polar surface area (TPSA) is 38.8 Å². The van der Waals surface area contributed by atoms with Crippen molar-refractivity contribution in [2.24, 2.45) is 0 Å². The second kappa shape index (κ2) is 4.89. The average molecular weight is 269 g/mol. The monoisotopic (exact) mass is 269 g/mol. The van der Waals surface area contributed by atoms with E-state index in [-0.39, 0.29) is 5.91 Å². The summed E-state index contributed by atoms with van der Waals surface area (Å²) < 4.78 is 11.1. The van der Waals surface area contributed by atoms with E-state index in [1.54, 1.807) is 37.3 Å². The van der Waals surface area contributed by atoms with Gasteiger partial charge in [-0.25, -0.2) is 0 Å². The van der Waals surface area contributed by atoms with E-state index in [4.69, 9.17) is 9.47 Å². The van der Waals surface area contributed by atoms with Crippen molar-refractivity contribution < 1.29 is 14.3 Å². The lowest BCUT2D eigenvalue weighted by Crippen LogP contribution is -2.38. The van der Waals surface area contributed by atoms with E-state index in [0.717, 1.165) is 5.56 Å².